The molecule has 0 heterocycles. The number of anilines is 2. The Kier molecular flexibility index (Phi) is 6.68. The summed E-state index contributed by atoms with van der Waals surface area (Å²) >= 11 is 0. The van der Waals surface area contributed by atoms with Crippen molar-refractivity contribution in [3.8, 4) is 0 Å². The van der Waals surface area contributed by atoms with E-state index in [2.05, 4.69) is 28.6 Å². The zero-order valence-corrected chi connectivity index (χ0v) is 13.6. The highest BCUT2D eigenvalue weighted by atomic mass is 16.5. The van der Waals surface area contributed by atoms with Gasteiger partial charge in [-0.3, -0.25) is 4.79 Å². The van der Waals surface area contributed by atoms with Gasteiger partial charge in [0.2, 0.25) is 5.91 Å². The summed E-state index contributed by atoms with van der Waals surface area (Å²) in [6.45, 7) is 1.58. The van der Waals surface area contributed by atoms with E-state index in [4.69, 9.17) is 4.74 Å². The van der Waals surface area contributed by atoms with Gasteiger partial charge in [0.1, 0.15) is 0 Å². The molecule has 0 bridgehead atoms. The quantitative estimate of drug-likeness (QED) is 0.723. The predicted octanol–water partition coefficient (Wildman–Crippen LogP) is 2.24. The molecule has 22 heavy (non-hydrogen) atoms. The Bertz CT molecular complexity index is 473. The predicted molar refractivity (Wildman–Crippen MR) is 90.5 cm³/mol. The first-order valence-electron chi connectivity index (χ1n) is 8.03. The summed E-state index contributed by atoms with van der Waals surface area (Å²) in [5.41, 5.74) is 1.98. The standard InChI is InChI=1S/C17H27N3O2/c1-20(14-7-3-4-8-14)16-10-6-5-9-15(16)19-17(21)13-18-11-12-22-2/h5-6,9-10,14,18H,3-4,7-8,11-13H2,1-2H3,(H,19,21). The minimum atomic E-state index is -0.0247. The second-order valence-corrected chi connectivity index (χ2v) is 5.78. The molecule has 2 rings (SSSR count). The number of carbonyl (C=O) groups is 1. The summed E-state index contributed by atoms with van der Waals surface area (Å²) in [5.74, 6) is -0.0247. The van der Waals surface area contributed by atoms with Gasteiger partial charge in [-0.25, -0.2) is 0 Å². The lowest BCUT2D eigenvalue weighted by atomic mass is 10.1. The van der Waals surface area contributed by atoms with Crippen LogP contribution >= 0.6 is 0 Å². The lowest BCUT2D eigenvalue weighted by Gasteiger charge is -2.28. The van der Waals surface area contributed by atoms with Crippen LogP contribution in [0.5, 0.6) is 0 Å². The third kappa shape index (κ3) is 4.71. The number of hydrogen-bond donors (Lipinski definition) is 2. The number of amides is 1. The van der Waals surface area contributed by atoms with Crippen LogP contribution in [0.4, 0.5) is 11.4 Å². The Labute approximate surface area is 133 Å². The van der Waals surface area contributed by atoms with Crippen molar-refractivity contribution in [1.82, 2.24) is 5.32 Å². The molecule has 2 N–H and O–H groups in total. The third-order valence-corrected chi connectivity index (χ3v) is 4.20. The molecule has 0 aliphatic heterocycles. The van der Waals surface area contributed by atoms with Crippen LogP contribution in [0.2, 0.25) is 0 Å². The molecule has 0 saturated heterocycles. The molecule has 5 nitrogen and oxygen atoms in total. The van der Waals surface area contributed by atoms with E-state index in [9.17, 15) is 4.79 Å². The molecule has 1 saturated carbocycles. The van der Waals surface area contributed by atoms with Gasteiger partial charge >= 0.3 is 0 Å². The zero-order valence-electron chi connectivity index (χ0n) is 13.6. The van der Waals surface area contributed by atoms with Crippen molar-refractivity contribution < 1.29 is 9.53 Å². The number of carbonyl (C=O) groups excluding carboxylic acids is 1. The third-order valence-electron chi connectivity index (χ3n) is 4.20. The second kappa shape index (κ2) is 8.76. The number of hydrogen-bond acceptors (Lipinski definition) is 4. The highest BCUT2D eigenvalue weighted by molar-refractivity contribution is 5.95. The molecule has 1 aromatic rings. The lowest BCUT2D eigenvalue weighted by molar-refractivity contribution is -0.115. The Morgan fingerprint density at radius 2 is 2.05 bits per heavy atom. The summed E-state index contributed by atoms with van der Waals surface area (Å²) in [6.07, 6.45) is 5.06. The molecule has 0 unspecified atom stereocenters. The smallest absolute Gasteiger partial charge is 0.238 e. The van der Waals surface area contributed by atoms with E-state index in [1.54, 1.807) is 7.11 Å². The van der Waals surface area contributed by atoms with E-state index >= 15 is 0 Å². The number of benzene rings is 1. The maximum Gasteiger partial charge on any atom is 0.238 e. The first-order chi connectivity index (χ1) is 10.7. The minimum Gasteiger partial charge on any atom is -0.383 e. The van der Waals surface area contributed by atoms with Crippen LogP contribution in [0.25, 0.3) is 0 Å². The van der Waals surface area contributed by atoms with Gasteiger partial charge in [-0.2, -0.15) is 0 Å². The molecule has 1 amide bonds. The van der Waals surface area contributed by atoms with Crippen molar-refractivity contribution in [2.75, 3.05) is 44.1 Å². The van der Waals surface area contributed by atoms with Crippen LogP contribution in [0, 0.1) is 0 Å². The molecule has 0 aromatic heterocycles. The molecule has 0 radical (unpaired) electrons. The van der Waals surface area contributed by atoms with Crippen LogP contribution in [-0.4, -0.2) is 45.8 Å². The highest BCUT2D eigenvalue weighted by Crippen LogP contribution is 2.31. The van der Waals surface area contributed by atoms with Gasteiger partial charge in [0.05, 0.1) is 24.5 Å². The largest absolute Gasteiger partial charge is 0.383 e. The molecular formula is C17H27N3O2. The van der Waals surface area contributed by atoms with Crippen LogP contribution in [-0.2, 0) is 9.53 Å². The van der Waals surface area contributed by atoms with Crippen molar-refractivity contribution in [3.05, 3.63) is 24.3 Å². The van der Waals surface area contributed by atoms with E-state index in [0.29, 0.717) is 25.7 Å². The molecule has 0 spiro atoms. The molecule has 1 fully saturated rings. The number of nitrogens with one attached hydrogen (secondary N) is 2. The molecule has 122 valence electrons. The van der Waals surface area contributed by atoms with Crippen molar-refractivity contribution in [1.29, 1.82) is 0 Å². The summed E-state index contributed by atoms with van der Waals surface area (Å²) in [7, 11) is 3.77. The summed E-state index contributed by atoms with van der Waals surface area (Å²) in [4.78, 5) is 14.3. The fraction of sp³-hybridized carbons (Fsp3) is 0.588. The SMILES string of the molecule is COCCNCC(=O)Nc1ccccc1N(C)C1CCCC1. The van der Waals surface area contributed by atoms with Gasteiger partial charge in [0, 0.05) is 26.7 Å². The number of ether oxygens (including phenoxy) is 1. The van der Waals surface area contributed by atoms with E-state index < -0.39 is 0 Å². The van der Waals surface area contributed by atoms with E-state index in [-0.39, 0.29) is 5.91 Å². The van der Waals surface area contributed by atoms with E-state index in [0.717, 1.165) is 11.4 Å². The molecule has 1 aliphatic rings. The monoisotopic (exact) mass is 305 g/mol. The first kappa shape index (κ1) is 16.8. The normalized spacial score (nSPS) is 15.0. The van der Waals surface area contributed by atoms with Gasteiger partial charge in [-0.1, -0.05) is 25.0 Å². The van der Waals surface area contributed by atoms with Crippen LogP contribution < -0.4 is 15.5 Å². The first-order valence-corrected chi connectivity index (χ1v) is 8.03. The Morgan fingerprint density at radius 3 is 2.77 bits per heavy atom. The summed E-state index contributed by atoms with van der Waals surface area (Å²) in [6, 6.07) is 8.60. The minimum absolute atomic E-state index is 0.0247. The zero-order chi connectivity index (χ0) is 15.8. The average molecular weight is 305 g/mol. The summed E-state index contributed by atoms with van der Waals surface area (Å²) < 4.78 is 4.95. The number of rotatable bonds is 8. The van der Waals surface area contributed by atoms with Crippen LogP contribution in [0.15, 0.2) is 24.3 Å². The van der Waals surface area contributed by atoms with Crippen LogP contribution in [0.3, 0.4) is 0 Å². The Balaban J connectivity index is 1.94. The molecule has 1 aliphatic carbocycles. The van der Waals surface area contributed by atoms with E-state index in [1.807, 2.05) is 18.2 Å². The molecular weight excluding hydrogens is 278 g/mol. The van der Waals surface area contributed by atoms with Gasteiger partial charge < -0.3 is 20.3 Å². The van der Waals surface area contributed by atoms with Gasteiger partial charge in [0.15, 0.2) is 0 Å². The number of nitrogens with zero attached hydrogens (tertiary/aromatic N) is 1. The molecule has 1 aromatic carbocycles. The van der Waals surface area contributed by atoms with Crippen LogP contribution in [0.1, 0.15) is 25.7 Å². The highest BCUT2D eigenvalue weighted by Gasteiger charge is 2.21. The van der Waals surface area contributed by atoms with Gasteiger partial charge in [-0.05, 0) is 25.0 Å². The maximum atomic E-state index is 12.0. The fourth-order valence-corrected chi connectivity index (χ4v) is 2.95. The summed E-state index contributed by atoms with van der Waals surface area (Å²) in [5, 5.41) is 6.07. The fourth-order valence-electron chi connectivity index (χ4n) is 2.95. The van der Waals surface area contributed by atoms with Gasteiger partial charge in [0.25, 0.3) is 0 Å². The maximum absolute atomic E-state index is 12.0. The van der Waals surface area contributed by atoms with Crippen molar-refractivity contribution in [2.45, 2.75) is 31.7 Å². The average Bonchev–Trinajstić information content (AvgIpc) is 3.06. The second-order valence-electron chi connectivity index (χ2n) is 5.78. The molecule has 5 heteroatoms. The van der Waals surface area contributed by atoms with Crippen molar-refractivity contribution in [2.24, 2.45) is 0 Å². The molecule has 0 atom stereocenters. The number of para-hydroxylation sites is 2. The van der Waals surface area contributed by atoms with Crippen molar-refractivity contribution >= 4 is 17.3 Å². The van der Waals surface area contributed by atoms with E-state index in [1.165, 1.54) is 25.7 Å². The topological polar surface area (TPSA) is 53.6 Å². The van der Waals surface area contributed by atoms with Crippen molar-refractivity contribution in [3.63, 3.8) is 0 Å². The lowest BCUT2D eigenvalue weighted by Crippen LogP contribution is -2.32. The van der Waals surface area contributed by atoms with Gasteiger partial charge in [-0.15, -0.1) is 0 Å². The Morgan fingerprint density at radius 1 is 1.32 bits per heavy atom. The number of methoxy groups -OCH3 is 1. The Hall–Kier alpha value is -1.59.